The number of aromatic carboxylic acids is 1. The molecule has 0 amide bonds. The van der Waals surface area contributed by atoms with Crippen molar-refractivity contribution in [3.63, 3.8) is 0 Å². The molecule has 0 heterocycles. The number of anilines is 1. The van der Waals surface area contributed by atoms with Crippen molar-refractivity contribution in [3.05, 3.63) is 88.5 Å². The molecule has 168 valence electrons. The Morgan fingerprint density at radius 1 is 0.939 bits per heavy atom. The summed E-state index contributed by atoms with van der Waals surface area (Å²) >= 11 is 0. The van der Waals surface area contributed by atoms with Crippen LogP contribution in [0.1, 0.15) is 45.5 Å². The van der Waals surface area contributed by atoms with Crippen molar-refractivity contribution in [2.75, 3.05) is 11.8 Å². The lowest BCUT2D eigenvalue weighted by atomic mass is 9.91. The van der Waals surface area contributed by atoms with Gasteiger partial charge in [-0.25, -0.2) is 13.2 Å². The van der Waals surface area contributed by atoms with Crippen molar-refractivity contribution < 1.29 is 23.1 Å². The number of carboxylic acids is 1. The fourth-order valence-electron chi connectivity index (χ4n) is 3.96. The van der Waals surface area contributed by atoms with Gasteiger partial charge < -0.3 is 9.84 Å². The number of fused-ring (bicyclic) bond motifs is 1. The molecule has 1 aliphatic rings. The van der Waals surface area contributed by atoms with E-state index in [4.69, 9.17) is 9.84 Å². The Hall–Kier alpha value is -3.76. The summed E-state index contributed by atoms with van der Waals surface area (Å²) in [6, 6.07) is 16.4. The first-order valence-corrected chi connectivity index (χ1v) is 12.0. The predicted molar refractivity (Wildman–Crippen MR) is 126 cm³/mol. The molecule has 3 aromatic carbocycles. The highest BCUT2D eigenvalue weighted by Gasteiger charge is 2.25. The van der Waals surface area contributed by atoms with E-state index in [0.29, 0.717) is 23.2 Å². The Labute approximate surface area is 193 Å². The van der Waals surface area contributed by atoms with Gasteiger partial charge in [0, 0.05) is 11.1 Å². The number of hydrogen-bond acceptors (Lipinski definition) is 4. The summed E-state index contributed by atoms with van der Waals surface area (Å²) in [5.74, 6) is 5.67. The molecule has 0 saturated carbocycles. The zero-order chi connectivity index (χ0) is 23.4. The molecule has 0 bridgehead atoms. The summed E-state index contributed by atoms with van der Waals surface area (Å²) < 4.78 is 34.8. The third-order valence-corrected chi connectivity index (χ3v) is 7.05. The SMILES string of the molecule is COc1ccc(S(=O)(=O)Nc2ccccc2C#Cc2ccc(C(=O)O)cc2)c2c1CCCC2. The van der Waals surface area contributed by atoms with Crippen LogP contribution in [0, 0.1) is 11.8 Å². The summed E-state index contributed by atoms with van der Waals surface area (Å²) in [4.78, 5) is 11.3. The van der Waals surface area contributed by atoms with Gasteiger partial charge >= 0.3 is 5.97 Å². The van der Waals surface area contributed by atoms with Crippen LogP contribution in [-0.2, 0) is 22.9 Å². The van der Waals surface area contributed by atoms with Gasteiger partial charge in [-0.2, -0.15) is 0 Å². The molecule has 6 nitrogen and oxygen atoms in total. The fourth-order valence-corrected chi connectivity index (χ4v) is 5.34. The Bertz CT molecular complexity index is 1370. The summed E-state index contributed by atoms with van der Waals surface area (Å²) in [7, 11) is -2.24. The summed E-state index contributed by atoms with van der Waals surface area (Å²) in [5, 5.41) is 9.02. The Balaban J connectivity index is 1.66. The largest absolute Gasteiger partial charge is 0.496 e. The molecule has 3 aromatic rings. The van der Waals surface area contributed by atoms with E-state index < -0.39 is 16.0 Å². The van der Waals surface area contributed by atoms with E-state index >= 15 is 0 Å². The van der Waals surface area contributed by atoms with E-state index in [1.165, 1.54) is 12.1 Å². The number of carbonyl (C=O) groups is 1. The van der Waals surface area contributed by atoms with Gasteiger partial charge in [0.05, 0.1) is 23.3 Å². The molecule has 0 aliphatic heterocycles. The van der Waals surface area contributed by atoms with E-state index in [9.17, 15) is 13.2 Å². The Morgan fingerprint density at radius 2 is 1.64 bits per heavy atom. The molecule has 0 atom stereocenters. The van der Waals surface area contributed by atoms with Gasteiger partial charge in [-0.05, 0) is 85.3 Å². The molecule has 2 N–H and O–H groups in total. The maximum Gasteiger partial charge on any atom is 0.335 e. The summed E-state index contributed by atoms with van der Waals surface area (Å²) in [6.07, 6.45) is 3.43. The third kappa shape index (κ3) is 4.86. The number of nitrogens with one attached hydrogen (secondary N) is 1. The normalized spacial score (nSPS) is 12.8. The summed E-state index contributed by atoms with van der Waals surface area (Å²) in [6.45, 7) is 0. The minimum atomic E-state index is -3.84. The van der Waals surface area contributed by atoms with E-state index in [0.717, 1.165) is 36.1 Å². The standard InChI is InChI=1S/C26H23NO5S/c1-32-24-16-17-25(22-8-4-3-7-21(22)24)33(30,31)27-23-9-5-2-6-19(23)13-10-18-11-14-20(15-12-18)26(28)29/h2,5-6,9,11-12,14-17,27H,3-4,7-8H2,1H3,(H,28,29). The fraction of sp³-hybridized carbons (Fsp3) is 0.192. The van der Waals surface area contributed by atoms with Crippen LogP contribution in [0.3, 0.4) is 0 Å². The maximum absolute atomic E-state index is 13.3. The van der Waals surface area contributed by atoms with Crippen LogP contribution in [0.15, 0.2) is 65.6 Å². The van der Waals surface area contributed by atoms with Gasteiger partial charge in [-0.3, -0.25) is 4.72 Å². The van der Waals surface area contributed by atoms with Crippen molar-refractivity contribution in [1.29, 1.82) is 0 Å². The van der Waals surface area contributed by atoms with Gasteiger partial charge in [0.25, 0.3) is 10.0 Å². The molecule has 33 heavy (non-hydrogen) atoms. The van der Waals surface area contributed by atoms with Crippen molar-refractivity contribution in [2.45, 2.75) is 30.6 Å². The highest BCUT2D eigenvalue weighted by Crippen LogP contribution is 2.35. The van der Waals surface area contributed by atoms with Crippen LogP contribution in [0.25, 0.3) is 0 Å². The van der Waals surface area contributed by atoms with Crippen molar-refractivity contribution in [3.8, 4) is 17.6 Å². The monoisotopic (exact) mass is 461 g/mol. The van der Waals surface area contributed by atoms with Gasteiger partial charge in [-0.1, -0.05) is 24.0 Å². The molecular formula is C26H23NO5S. The van der Waals surface area contributed by atoms with Gasteiger partial charge in [0.15, 0.2) is 0 Å². The average molecular weight is 462 g/mol. The molecule has 0 radical (unpaired) electrons. The van der Waals surface area contributed by atoms with Crippen LogP contribution in [-0.4, -0.2) is 26.6 Å². The van der Waals surface area contributed by atoms with Crippen molar-refractivity contribution >= 4 is 21.7 Å². The second-order valence-corrected chi connectivity index (χ2v) is 9.36. The molecular weight excluding hydrogens is 438 g/mol. The average Bonchev–Trinajstić information content (AvgIpc) is 2.82. The van der Waals surface area contributed by atoms with Gasteiger partial charge in [0.1, 0.15) is 5.75 Å². The molecule has 0 aromatic heterocycles. The lowest BCUT2D eigenvalue weighted by Gasteiger charge is -2.22. The summed E-state index contributed by atoms with van der Waals surface area (Å²) in [5.41, 5.74) is 3.48. The van der Waals surface area contributed by atoms with Gasteiger partial charge in [0.2, 0.25) is 0 Å². The smallest absolute Gasteiger partial charge is 0.335 e. The van der Waals surface area contributed by atoms with Crippen LogP contribution in [0.5, 0.6) is 5.75 Å². The molecule has 0 spiro atoms. The van der Waals surface area contributed by atoms with Crippen LogP contribution in [0.2, 0.25) is 0 Å². The van der Waals surface area contributed by atoms with Crippen molar-refractivity contribution in [2.24, 2.45) is 0 Å². The molecule has 7 heteroatoms. The quantitative estimate of drug-likeness (QED) is 0.547. The molecule has 4 rings (SSSR count). The predicted octanol–water partition coefficient (Wildman–Crippen LogP) is 4.47. The number of methoxy groups -OCH3 is 1. The highest BCUT2D eigenvalue weighted by atomic mass is 32.2. The molecule has 0 fully saturated rings. The van der Waals surface area contributed by atoms with E-state index in [-0.39, 0.29) is 10.5 Å². The first-order valence-electron chi connectivity index (χ1n) is 10.5. The number of carboxylic acid groups (broad SMARTS) is 1. The van der Waals surface area contributed by atoms with Crippen molar-refractivity contribution in [1.82, 2.24) is 0 Å². The van der Waals surface area contributed by atoms with Gasteiger partial charge in [-0.15, -0.1) is 0 Å². The van der Waals surface area contributed by atoms with Crippen LogP contribution < -0.4 is 9.46 Å². The molecule has 1 aliphatic carbocycles. The Morgan fingerprint density at radius 3 is 2.33 bits per heavy atom. The highest BCUT2D eigenvalue weighted by molar-refractivity contribution is 7.92. The minimum absolute atomic E-state index is 0.177. The minimum Gasteiger partial charge on any atom is -0.496 e. The first-order chi connectivity index (χ1) is 15.9. The third-order valence-electron chi connectivity index (χ3n) is 5.60. The lowest BCUT2D eigenvalue weighted by molar-refractivity contribution is 0.0697. The number of benzene rings is 3. The molecule has 0 unspecified atom stereocenters. The van der Waals surface area contributed by atoms with E-state index in [2.05, 4.69) is 16.6 Å². The second-order valence-electron chi connectivity index (χ2n) is 7.71. The van der Waals surface area contributed by atoms with E-state index in [1.54, 1.807) is 55.6 Å². The number of para-hydroxylation sites is 1. The van der Waals surface area contributed by atoms with Crippen LogP contribution >= 0.6 is 0 Å². The molecule has 0 saturated heterocycles. The zero-order valence-corrected chi connectivity index (χ0v) is 18.9. The number of ether oxygens (including phenoxy) is 1. The first kappa shape index (κ1) is 22.4. The number of rotatable bonds is 5. The van der Waals surface area contributed by atoms with Crippen LogP contribution in [0.4, 0.5) is 5.69 Å². The number of sulfonamides is 1. The zero-order valence-electron chi connectivity index (χ0n) is 18.1. The van der Waals surface area contributed by atoms with E-state index in [1.807, 2.05) is 0 Å². The second kappa shape index (κ2) is 9.39. The Kier molecular flexibility index (Phi) is 6.38. The lowest BCUT2D eigenvalue weighted by Crippen LogP contribution is -2.18. The maximum atomic E-state index is 13.3. The number of hydrogen-bond donors (Lipinski definition) is 2. The topological polar surface area (TPSA) is 92.7 Å².